The van der Waals surface area contributed by atoms with E-state index in [0.29, 0.717) is 17.2 Å². The number of nitriles is 2. The van der Waals surface area contributed by atoms with Crippen LogP contribution in [0.25, 0.3) is 0 Å². The Bertz CT molecular complexity index is 473. The zero-order valence-corrected chi connectivity index (χ0v) is 9.89. The van der Waals surface area contributed by atoms with Crippen molar-refractivity contribution in [3.63, 3.8) is 0 Å². The number of nitrogens with zero attached hydrogens (tertiary/aromatic N) is 4. The summed E-state index contributed by atoms with van der Waals surface area (Å²) in [6.45, 7) is 0. The Kier molecular flexibility index (Phi) is 4.01. The number of rotatable bonds is 1. The van der Waals surface area contributed by atoms with Crippen molar-refractivity contribution >= 4 is 34.0 Å². The summed E-state index contributed by atoms with van der Waals surface area (Å²) in [6, 6.07) is 0. The summed E-state index contributed by atoms with van der Waals surface area (Å²) in [5.74, 6) is 0.422. The molecule has 0 fully saturated rings. The molecule has 0 aliphatic heterocycles. The first-order valence-corrected chi connectivity index (χ1v) is 4.88. The molecule has 5 nitrogen and oxygen atoms in total. The molecule has 0 atom stereocenters. The number of aliphatic imine (C=N–C) groups is 2. The van der Waals surface area contributed by atoms with E-state index in [0.717, 1.165) is 3.58 Å². The second-order valence-corrected chi connectivity index (χ2v) is 3.56. The van der Waals surface area contributed by atoms with E-state index in [1.807, 2.05) is 22.6 Å². The average molecular weight is 312 g/mol. The molecule has 0 unspecified atom stereocenters. The number of allylic oxidation sites excluding steroid dienone is 3. The van der Waals surface area contributed by atoms with Gasteiger partial charge in [-0.1, -0.05) is 0 Å². The lowest BCUT2D eigenvalue weighted by Crippen LogP contribution is -2.12. The topological polar surface area (TPSA) is 81.5 Å². The molecule has 0 spiro atoms. The van der Waals surface area contributed by atoms with Gasteiger partial charge >= 0.3 is 0 Å². The van der Waals surface area contributed by atoms with E-state index in [9.17, 15) is 0 Å². The largest absolute Gasteiger partial charge is 0.494 e. The van der Waals surface area contributed by atoms with Crippen molar-refractivity contribution in [1.82, 2.24) is 0 Å². The van der Waals surface area contributed by atoms with E-state index in [2.05, 4.69) is 9.98 Å². The van der Waals surface area contributed by atoms with Crippen LogP contribution in [-0.2, 0) is 4.74 Å². The van der Waals surface area contributed by atoms with Crippen LogP contribution in [0.1, 0.15) is 0 Å². The Balaban J connectivity index is 3.21. The molecule has 1 aliphatic rings. The third-order valence-corrected chi connectivity index (χ3v) is 2.45. The summed E-state index contributed by atoms with van der Waals surface area (Å²) in [5, 5.41) is 16.9. The van der Waals surface area contributed by atoms with Gasteiger partial charge in [-0.3, -0.25) is 0 Å². The van der Waals surface area contributed by atoms with Crippen LogP contribution in [0.2, 0.25) is 0 Å². The molecule has 1 aliphatic carbocycles. The quantitative estimate of drug-likeness (QED) is 0.420. The summed E-state index contributed by atoms with van der Waals surface area (Å²) in [6.07, 6.45) is 6.59. The average Bonchev–Trinajstić information content (AvgIpc) is 2.22. The van der Waals surface area contributed by atoms with Gasteiger partial charge in [-0.2, -0.15) is 20.5 Å². The lowest BCUT2D eigenvalue weighted by molar-refractivity contribution is 0.316. The summed E-state index contributed by atoms with van der Waals surface area (Å²) >= 11 is 2.01. The monoisotopic (exact) mass is 312 g/mol. The van der Waals surface area contributed by atoms with Gasteiger partial charge in [0, 0.05) is 9.66 Å². The van der Waals surface area contributed by atoms with Crippen molar-refractivity contribution < 1.29 is 4.74 Å². The van der Waals surface area contributed by atoms with Crippen LogP contribution in [0.4, 0.5) is 0 Å². The summed E-state index contributed by atoms with van der Waals surface area (Å²) in [4.78, 5) is 7.20. The molecule has 0 aromatic heterocycles. The lowest BCUT2D eigenvalue weighted by Gasteiger charge is -2.11. The van der Waals surface area contributed by atoms with Crippen molar-refractivity contribution in [3.05, 3.63) is 21.5 Å². The van der Waals surface area contributed by atoms with E-state index in [1.54, 1.807) is 24.5 Å². The molecule has 74 valence electrons. The van der Waals surface area contributed by atoms with Crippen molar-refractivity contribution in [2.75, 3.05) is 7.11 Å². The van der Waals surface area contributed by atoms with Gasteiger partial charge in [0.25, 0.3) is 0 Å². The van der Waals surface area contributed by atoms with Crippen molar-refractivity contribution in [2.24, 2.45) is 9.98 Å². The van der Waals surface area contributed by atoms with Gasteiger partial charge in [-0.05, 0) is 28.7 Å². The maximum absolute atomic E-state index is 8.45. The number of methoxy groups -OCH3 is 1. The molecule has 0 radical (unpaired) electrons. The molecule has 1 rings (SSSR count). The molecule has 0 saturated carbocycles. The van der Waals surface area contributed by atoms with Crippen LogP contribution >= 0.6 is 22.6 Å². The van der Waals surface area contributed by atoms with E-state index < -0.39 is 0 Å². The zero-order chi connectivity index (χ0) is 11.3. The summed E-state index contributed by atoms with van der Waals surface area (Å²) < 4.78 is 5.76. The minimum Gasteiger partial charge on any atom is -0.494 e. The second kappa shape index (κ2) is 5.27. The molecule has 0 aromatic rings. The van der Waals surface area contributed by atoms with Crippen LogP contribution < -0.4 is 0 Å². The van der Waals surface area contributed by atoms with Crippen LogP contribution in [0.5, 0.6) is 0 Å². The molecular weight excluding hydrogens is 307 g/mol. The predicted octanol–water partition coefficient (Wildman–Crippen LogP) is 1.69. The zero-order valence-electron chi connectivity index (χ0n) is 7.73. The highest BCUT2D eigenvalue weighted by Gasteiger charge is 2.16. The fraction of sp³-hybridized carbons (Fsp3) is 0.111. The molecule has 0 N–H and O–H groups in total. The first-order chi connectivity index (χ1) is 7.22. The molecule has 0 aromatic carbocycles. The van der Waals surface area contributed by atoms with Gasteiger partial charge in [0.2, 0.25) is 12.4 Å². The molecule has 15 heavy (non-hydrogen) atoms. The minimum absolute atomic E-state index is 0.422. The highest BCUT2D eigenvalue weighted by Crippen LogP contribution is 2.19. The van der Waals surface area contributed by atoms with E-state index in [-0.39, 0.29) is 0 Å². The van der Waals surface area contributed by atoms with Gasteiger partial charge in [-0.25, -0.2) is 0 Å². The number of ether oxygens (including phenoxy) is 1. The van der Waals surface area contributed by atoms with Crippen LogP contribution in [0.3, 0.4) is 0 Å². The Morgan fingerprint density at radius 1 is 1.20 bits per heavy atom. The first-order valence-electron chi connectivity index (χ1n) is 3.80. The molecule has 6 heteroatoms. The standard InChI is InChI=1S/C9H5IN4O/c1-15-9-3-7(13-4-11)6(10)2-8(9)14-5-12/h2-3H,1H3. The van der Waals surface area contributed by atoms with Crippen molar-refractivity contribution in [3.8, 4) is 12.4 Å². The maximum Gasteiger partial charge on any atom is 0.206 e. The third-order valence-electron chi connectivity index (χ3n) is 1.59. The van der Waals surface area contributed by atoms with Gasteiger partial charge in [0.05, 0.1) is 12.8 Å². The Hall–Kier alpha value is -1.67. The fourth-order valence-electron chi connectivity index (χ4n) is 0.976. The van der Waals surface area contributed by atoms with Gasteiger partial charge < -0.3 is 4.74 Å². The maximum atomic E-state index is 8.45. The van der Waals surface area contributed by atoms with E-state index in [1.165, 1.54) is 7.11 Å². The number of halogens is 1. The van der Waals surface area contributed by atoms with Crippen LogP contribution in [0.15, 0.2) is 31.5 Å². The molecular formula is C9H5IN4O. The van der Waals surface area contributed by atoms with Crippen molar-refractivity contribution in [2.45, 2.75) is 0 Å². The predicted molar refractivity (Wildman–Crippen MR) is 63.3 cm³/mol. The number of hydrogen-bond acceptors (Lipinski definition) is 5. The smallest absolute Gasteiger partial charge is 0.206 e. The molecule has 0 saturated heterocycles. The van der Waals surface area contributed by atoms with Crippen molar-refractivity contribution in [1.29, 1.82) is 10.5 Å². The van der Waals surface area contributed by atoms with Crippen LogP contribution in [-0.4, -0.2) is 18.5 Å². The van der Waals surface area contributed by atoms with Gasteiger partial charge in [0.1, 0.15) is 11.5 Å². The second-order valence-electron chi connectivity index (χ2n) is 2.40. The minimum atomic E-state index is 0.422. The summed E-state index contributed by atoms with van der Waals surface area (Å²) in [5.41, 5.74) is 0.938. The number of hydrogen-bond donors (Lipinski definition) is 0. The highest BCUT2D eigenvalue weighted by atomic mass is 127. The molecule has 0 amide bonds. The third kappa shape index (κ3) is 2.64. The fourth-order valence-corrected chi connectivity index (χ4v) is 1.55. The Labute approximate surface area is 100 Å². The molecule has 0 heterocycles. The summed E-state index contributed by atoms with van der Waals surface area (Å²) in [7, 11) is 1.47. The van der Waals surface area contributed by atoms with E-state index >= 15 is 0 Å². The van der Waals surface area contributed by atoms with Crippen LogP contribution in [0, 0.1) is 22.9 Å². The van der Waals surface area contributed by atoms with Gasteiger partial charge in [-0.15, -0.1) is 0 Å². The van der Waals surface area contributed by atoms with E-state index in [4.69, 9.17) is 15.3 Å². The first kappa shape index (κ1) is 11.4. The lowest BCUT2D eigenvalue weighted by atomic mass is 10.1. The SMILES string of the molecule is COC1=CC(=NC#N)C(I)=CC1=NC#N. The Morgan fingerprint density at radius 3 is 2.33 bits per heavy atom. The molecule has 0 bridgehead atoms. The highest BCUT2D eigenvalue weighted by molar-refractivity contribution is 14.1. The Morgan fingerprint density at radius 2 is 1.80 bits per heavy atom. The van der Waals surface area contributed by atoms with Gasteiger partial charge in [0.15, 0.2) is 0 Å². The normalized spacial score (nSPS) is 20.3.